The molecule has 0 aliphatic rings. The second-order valence-electron chi connectivity index (χ2n) is 5.99. The summed E-state index contributed by atoms with van der Waals surface area (Å²) in [6.45, 7) is 6.47. The van der Waals surface area contributed by atoms with Crippen molar-refractivity contribution in [2.24, 2.45) is 4.99 Å². The molecule has 1 aromatic heterocycles. The Morgan fingerprint density at radius 1 is 1.17 bits per heavy atom. The Hall–Kier alpha value is -1.40. The van der Waals surface area contributed by atoms with E-state index in [0.29, 0.717) is 37.3 Å². The Balaban J connectivity index is 0.00000420. The summed E-state index contributed by atoms with van der Waals surface area (Å²) in [4.78, 5) is 8.16. The molecule has 0 aliphatic carbocycles. The molecule has 2 rings (SSSR count). The van der Waals surface area contributed by atoms with E-state index in [9.17, 15) is 13.2 Å². The number of thiazole rings is 1. The molecule has 1 heterocycles. The van der Waals surface area contributed by atoms with Crippen LogP contribution in [0, 0.1) is 0 Å². The van der Waals surface area contributed by atoms with Gasteiger partial charge in [-0.15, -0.1) is 35.3 Å². The van der Waals surface area contributed by atoms with Crippen LogP contribution in [0.2, 0.25) is 0 Å². The average Bonchev–Trinajstić information content (AvgIpc) is 3.15. The fourth-order valence-electron chi connectivity index (χ4n) is 2.37. The molecule has 0 saturated heterocycles. The van der Waals surface area contributed by atoms with Crippen LogP contribution in [0.3, 0.4) is 0 Å². The van der Waals surface area contributed by atoms with Gasteiger partial charge in [0.25, 0.3) is 0 Å². The maximum absolute atomic E-state index is 12.7. The molecule has 2 N–H and O–H groups in total. The first-order valence-electron chi connectivity index (χ1n) is 9.12. The summed E-state index contributed by atoms with van der Waals surface area (Å²) in [5.74, 6) is 0.524. The molecule has 10 heteroatoms. The third-order valence-electron chi connectivity index (χ3n) is 3.73. The fraction of sp³-hybridized carbons (Fsp3) is 0.474. The number of halogens is 4. The van der Waals surface area contributed by atoms with Gasteiger partial charge in [0.2, 0.25) is 0 Å². The minimum absolute atomic E-state index is 0. The monoisotopic (exact) mass is 542 g/mol. The van der Waals surface area contributed by atoms with Crippen molar-refractivity contribution < 1.29 is 17.9 Å². The predicted octanol–water partition coefficient (Wildman–Crippen LogP) is 4.96. The number of nitrogens with one attached hydrogen (secondary N) is 2. The van der Waals surface area contributed by atoms with E-state index >= 15 is 0 Å². The second kappa shape index (κ2) is 13.0. The summed E-state index contributed by atoms with van der Waals surface area (Å²) < 4.78 is 43.6. The maximum Gasteiger partial charge on any atom is 0.434 e. The minimum Gasteiger partial charge on any atom is -0.377 e. The van der Waals surface area contributed by atoms with Crippen LogP contribution in [0.4, 0.5) is 13.2 Å². The van der Waals surface area contributed by atoms with Crippen molar-refractivity contribution in [1.29, 1.82) is 0 Å². The van der Waals surface area contributed by atoms with E-state index in [0.717, 1.165) is 34.3 Å². The molecular formula is C19H26F3IN4OS. The first-order chi connectivity index (χ1) is 13.4. The van der Waals surface area contributed by atoms with E-state index < -0.39 is 11.9 Å². The number of aromatic nitrogens is 1. The molecule has 0 aliphatic heterocycles. The fourth-order valence-corrected chi connectivity index (χ4v) is 3.11. The highest BCUT2D eigenvalue weighted by Crippen LogP contribution is 2.29. The Labute approximate surface area is 190 Å². The normalized spacial score (nSPS) is 11.8. The lowest BCUT2D eigenvalue weighted by molar-refractivity contribution is -0.140. The van der Waals surface area contributed by atoms with Gasteiger partial charge in [-0.2, -0.15) is 13.2 Å². The summed E-state index contributed by atoms with van der Waals surface area (Å²) in [5, 5.41) is 7.50. The molecule has 0 saturated carbocycles. The maximum atomic E-state index is 12.7. The van der Waals surface area contributed by atoms with Gasteiger partial charge in [-0.25, -0.2) is 9.98 Å². The van der Waals surface area contributed by atoms with Crippen molar-refractivity contribution in [3.8, 4) is 0 Å². The van der Waals surface area contributed by atoms with E-state index in [2.05, 4.69) is 27.5 Å². The molecule has 0 bridgehead atoms. The van der Waals surface area contributed by atoms with Gasteiger partial charge in [0.1, 0.15) is 5.01 Å². The SMILES string of the molecule is CCCOCc1ccccc1CN=C(NCC)NCc1nc(C(F)(F)F)cs1.I. The van der Waals surface area contributed by atoms with Crippen molar-refractivity contribution in [3.63, 3.8) is 0 Å². The zero-order valence-corrected chi connectivity index (χ0v) is 19.5. The summed E-state index contributed by atoms with van der Waals surface area (Å²) in [6.07, 6.45) is -3.46. The largest absolute Gasteiger partial charge is 0.434 e. The highest BCUT2D eigenvalue weighted by atomic mass is 127. The van der Waals surface area contributed by atoms with Gasteiger partial charge in [0, 0.05) is 18.5 Å². The van der Waals surface area contributed by atoms with Crippen LogP contribution in [0.25, 0.3) is 0 Å². The van der Waals surface area contributed by atoms with Crippen molar-refractivity contribution in [1.82, 2.24) is 15.6 Å². The van der Waals surface area contributed by atoms with Crippen molar-refractivity contribution in [2.75, 3.05) is 13.2 Å². The van der Waals surface area contributed by atoms with Crippen LogP contribution >= 0.6 is 35.3 Å². The van der Waals surface area contributed by atoms with Crippen molar-refractivity contribution in [3.05, 3.63) is 51.5 Å². The molecule has 0 atom stereocenters. The van der Waals surface area contributed by atoms with Crippen LogP contribution in [0.15, 0.2) is 34.6 Å². The molecule has 0 amide bonds. The Bertz CT molecular complexity index is 768. The van der Waals surface area contributed by atoms with Crippen molar-refractivity contribution >= 4 is 41.3 Å². The highest BCUT2D eigenvalue weighted by Gasteiger charge is 2.33. The number of benzene rings is 1. The number of hydrogen-bond donors (Lipinski definition) is 2. The van der Waals surface area contributed by atoms with E-state index in [1.165, 1.54) is 0 Å². The number of rotatable bonds is 9. The van der Waals surface area contributed by atoms with Crippen LogP contribution < -0.4 is 10.6 Å². The quantitative estimate of drug-likeness (QED) is 0.204. The molecular weight excluding hydrogens is 516 g/mol. The van der Waals surface area contributed by atoms with Gasteiger partial charge in [0.15, 0.2) is 11.7 Å². The number of guanidine groups is 1. The molecule has 0 fully saturated rings. The van der Waals surface area contributed by atoms with Gasteiger partial charge < -0.3 is 15.4 Å². The number of ether oxygens (including phenoxy) is 1. The van der Waals surface area contributed by atoms with E-state index in [1.54, 1.807) is 0 Å². The molecule has 162 valence electrons. The number of alkyl halides is 3. The third kappa shape index (κ3) is 8.87. The molecule has 5 nitrogen and oxygen atoms in total. The molecule has 29 heavy (non-hydrogen) atoms. The van der Waals surface area contributed by atoms with Crippen LogP contribution in [0.1, 0.15) is 42.1 Å². The highest BCUT2D eigenvalue weighted by molar-refractivity contribution is 14.0. The average molecular weight is 542 g/mol. The topological polar surface area (TPSA) is 58.5 Å². The molecule has 2 aromatic rings. The van der Waals surface area contributed by atoms with Crippen LogP contribution in [0.5, 0.6) is 0 Å². The molecule has 0 spiro atoms. The van der Waals surface area contributed by atoms with Crippen molar-refractivity contribution in [2.45, 2.75) is 46.1 Å². The number of nitrogens with zero attached hydrogens (tertiary/aromatic N) is 2. The molecule has 1 aromatic carbocycles. The summed E-state index contributed by atoms with van der Waals surface area (Å²) in [7, 11) is 0. The van der Waals surface area contributed by atoms with Gasteiger partial charge >= 0.3 is 6.18 Å². The van der Waals surface area contributed by atoms with Gasteiger partial charge in [0.05, 0.1) is 19.7 Å². The smallest absolute Gasteiger partial charge is 0.377 e. The Kier molecular flexibility index (Phi) is 11.5. The predicted molar refractivity (Wildman–Crippen MR) is 121 cm³/mol. The number of hydrogen-bond acceptors (Lipinski definition) is 4. The lowest BCUT2D eigenvalue weighted by Gasteiger charge is -2.12. The standard InChI is InChI=1S/C19H25F3N4OS.HI/c1-3-9-27-12-15-8-6-5-7-14(15)10-24-18(23-4-2)25-11-17-26-16(13-28-17)19(20,21)22;/h5-8,13H,3-4,9-12H2,1-2H3,(H2,23,24,25);1H. The zero-order chi connectivity index (χ0) is 20.4. The van der Waals surface area contributed by atoms with E-state index in [-0.39, 0.29) is 30.5 Å². The summed E-state index contributed by atoms with van der Waals surface area (Å²) in [5.41, 5.74) is 1.26. The van der Waals surface area contributed by atoms with E-state index in [1.807, 2.05) is 31.2 Å². The summed E-state index contributed by atoms with van der Waals surface area (Å²) >= 11 is 0.972. The van der Waals surface area contributed by atoms with Crippen LogP contribution in [-0.4, -0.2) is 24.1 Å². The van der Waals surface area contributed by atoms with E-state index in [4.69, 9.17) is 4.74 Å². The first kappa shape index (κ1) is 25.6. The minimum atomic E-state index is -4.42. The number of aliphatic imine (C=N–C) groups is 1. The van der Waals surface area contributed by atoms with Crippen LogP contribution in [-0.2, 0) is 30.6 Å². The Morgan fingerprint density at radius 3 is 2.52 bits per heavy atom. The second-order valence-corrected chi connectivity index (χ2v) is 6.94. The zero-order valence-electron chi connectivity index (χ0n) is 16.4. The first-order valence-corrected chi connectivity index (χ1v) is 10.00. The summed E-state index contributed by atoms with van der Waals surface area (Å²) in [6, 6.07) is 7.91. The lowest BCUT2D eigenvalue weighted by Crippen LogP contribution is -2.36. The molecule has 0 unspecified atom stereocenters. The van der Waals surface area contributed by atoms with Gasteiger partial charge in [-0.3, -0.25) is 0 Å². The Morgan fingerprint density at radius 2 is 1.90 bits per heavy atom. The molecule has 0 radical (unpaired) electrons. The lowest BCUT2D eigenvalue weighted by atomic mass is 10.1. The third-order valence-corrected chi connectivity index (χ3v) is 4.57. The van der Waals surface area contributed by atoms with Gasteiger partial charge in [-0.05, 0) is 24.5 Å². The van der Waals surface area contributed by atoms with Gasteiger partial charge in [-0.1, -0.05) is 31.2 Å².